The maximum absolute atomic E-state index is 11.8. The van der Waals surface area contributed by atoms with E-state index >= 15 is 0 Å². The number of hydrogen-bond acceptors (Lipinski definition) is 3. The van der Waals surface area contributed by atoms with E-state index in [2.05, 4.69) is 31.4 Å². The summed E-state index contributed by atoms with van der Waals surface area (Å²) in [4.78, 5) is 25.4. The molecule has 0 bridgehead atoms. The van der Waals surface area contributed by atoms with Gasteiger partial charge in [0.2, 0.25) is 0 Å². The highest BCUT2D eigenvalue weighted by Gasteiger charge is 2.28. The van der Waals surface area contributed by atoms with Crippen molar-refractivity contribution in [1.29, 1.82) is 0 Å². The first-order valence-corrected chi connectivity index (χ1v) is 6.68. The Bertz CT molecular complexity index is 317. The van der Waals surface area contributed by atoms with Crippen molar-refractivity contribution in [2.24, 2.45) is 5.41 Å². The predicted molar refractivity (Wildman–Crippen MR) is 77.9 cm³/mol. The first-order chi connectivity index (χ1) is 8.43. The minimum absolute atomic E-state index is 0.0954. The van der Waals surface area contributed by atoms with E-state index in [0.717, 1.165) is 6.42 Å². The molecule has 5 heteroatoms. The molecule has 0 rings (SSSR count). The highest BCUT2D eigenvalue weighted by molar-refractivity contribution is 6.35. The third-order valence-corrected chi connectivity index (χ3v) is 2.47. The zero-order valence-corrected chi connectivity index (χ0v) is 13.4. The van der Waals surface area contributed by atoms with Crippen LogP contribution in [0.15, 0.2) is 0 Å². The molecule has 0 aromatic rings. The largest absolute Gasteiger partial charge is 0.347 e. The molecule has 0 aliphatic rings. The molecule has 112 valence electrons. The monoisotopic (exact) mass is 271 g/mol. The maximum atomic E-state index is 11.8. The molecule has 2 N–H and O–H groups in total. The van der Waals surface area contributed by atoms with Crippen molar-refractivity contribution in [3.8, 4) is 0 Å². The Morgan fingerprint density at radius 1 is 1.00 bits per heavy atom. The van der Waals surface area contributed by atoms with E-state index in [1.807, 2.05) is 32.8 Å². The summed E-state index contributed by atoms with van der Waals surface area (Å²) in [5.74, 6) is -1.13. The van der Waals surface area contributed by atoms with E-state index < -0.39 is 17.4 Å². The molecule has 0 radical (unpaired) electrons. The summed E-state index contributed by atoms with van der Waals surface area (Å²) in [7, 11) is 3.83. The summed E-state index contributed by atoms with van der Waals surface area (Å²) in [5.41, 5.74) is -0.299. The molecule has 0 saturated carbocycles. The molecular formula is C14H29N3O2. The summed E-state index contributed by atoms with van der Waals surface area (Å²) in [6.45, 7) is 11.4. The Labute approximate surface area is 117 Å². The van der Waals surface area contributed by atoms with Crippen LogP contribution in [-0.2, 0) is 9.59 Å². The smallest absolute Gasteiger partial charge is 0.309 e. The fraction of sp³-hybridized carbons (Fsp3) is 0.857. The normalized spacial score (nSPS) is 12.4. The van der Waals surface area contributed by atoms with Gasteiger partial charge in [0.25, 0.3) is 0 Å². The number of hydrogen-bond donors (Lipinski definition) is 2. The van der Waals surface area contributed by atoms with Crippen LogP contribution < -0.4 is 10.6 Å². The van der Waals surface area contributed by atoms with E-state index in [0.29, 0.717) is 13.1 Å². The Morgan fingerprint density at radius 2 is 1.53 bits per heavy atom. The van der Waals surface area contributed by atoms with Crippen molar-refractivity contribution in [3.63, 3.8) is 0 Å². The van der Waals surface area contributed by atoms with E-state index in [9.17, 15) is 9.59 Å². The molecule has 0 spiro atoms. The number of carbonyl (C=O) groups is 2. The quantitative estimate of drug-likeness (QED) is 0.733. The number of nitrogens with one attached hydrogen (secondary N) is 2. The molecule has 0 atom stereocenters. The highest BCUT2D eigenvalue weighted by Crippen LogP contribution is 2.26. The summed E-state index contributed by atoms with van der Waals surface area (Å²) < 4.78 is 0. The van der Waals surface area contributed by atoms with Gasteiger partial charge >= 0.3 is 11.8 Å². The molecule has 2 amide bonds. The second-order valence-electron chi connectivity index (χ2n) is 7.13. The zero-order chi connectivity index (χ0) is 15.3. The van der Waals surface area contributed by atoms with Crippen molar-refractivity contribution >= 4 is 11.8 Å². The van der Waals surface area contributed by atoms with Crippen LogP contribution in [0.25, 0.3) is 0 Å². The zero-order valence-electron chi connectivity index (χ0n) is 13.4. The van der Waals surface area contributed by atoms with Crippen LogP contribution in [0.3, 0.4) is 0 Å². The van der Waals surface area contributed by atoms with Crippen molar-refractivity contribution in [2.75, 3.05) is 27.2 Å². The van der Waals surface area contributed by atoms with Crippen LogP contribution >= 0.6 is 0 Å². The molecule has 0 saturated heterocycles. The molecular weight excluding hydrogens is 242 g/mol. The van der Waals surface area contributed by atoms with E-state index in [-0.39, 0.29) is 5.41 Å². The van der Waals surface area contributed by atoms with Crippen LogP contribution in [-0.4, -0.2) is 49.4 Å². The van der Waals surface area contributed by atoms with Crippen LogP contribution in [0.4, 0.5) is 0 Å². The van der Waals surface area contributed by atoms with Crippen molar-refractivity contribution in [3.05, 3.63) is 0 Å². The Morgan fingerprint density at radius 3 is 1.95 bits per heavy atom. The SMILES string of the molecule is CN(C)CCNC(=O)C(=O)NC(C)(C)CC(C)(C)C. The third-order valence-electron chi connectivity index (χ3n) is 2.47. The van der Waals surface area contributed by atoms with Gasteiger partial charge in [-0.1, -0.05) is 20.8 Å². The average molecular weight is 271 g/mol. The van der Waals surface area contributed by atoms with E-state index in [4.69, 9.17) is 0 Å². The molecule has 0 aliphatic carbocycles. The minimum atomic E-state index is -0.566. The first-order valence-electron chi connectivity index (χ1n) is 6.68. The second-order valence-corrected chi connectivity index (χ2v) is 7.13. The molecule has 5 nitrogen and oxygen atoms in total. The maximum Gasteiger partial charge on any atom is 0.309 e. The van der Waals surface area contributed by atoms with Gasteiger partial charge < -0.3 is 15.5 Å². The van der Waals surface area contributed by atoms with Crippen molar-refractivity contribution in [1.82, 2.24) is 15.5 Å². The van der Waals surface area contributed by atoms with Crippen LogP contribution in [0.2, 0.25) is 0 Å². The van der Waals surface area contributed by atoms with Crippen LogP contribution in [0.5, 0.6) is 0 Å². The third kappa shape index (κ3) is 9.47. The van der Waals surface area contributed by atoms with Crippen molar-refractivity contribution < 1.29 is 9.59 Å². The van der Waals surface area contributed by atoms with Gasteiger partial charge in [0.05, 0.1) is 0 Å². The van der Waals surface area contributed by atoms with Gasteiger partial charge in [-0.15, -0.1) is 0 Å². The Balaban J connectivity index is 4.24. The summed E-state index contributed by atoms with van der Waals surface area (Å²) in [6.07, 6.45) is 0.802. The number of likely N-dealkylation sites (N-methyl/N-ethyl adjacent to an activating group) is 1. The van der Waals surface area contributed by atoms with Gasteiger partial charge in [0.15, 0.2) is 0 Å². The van der Waals surface area contributed by atoms with E-state index in [1.54, 1.807) is 0 Å². The fourth-order valence-electron chi connectivity index (χ4n) is 2.21. The van der Waals surface area contributed by atoms with Crippen molar-refractivity contribution in [2.45, 2.75) is 46.6 Å². The highest BCUT2D eigenvalue weighted by atomic mass is 16.2. The lowest BCUT2D eigenvalue weighted by molar-refractivity contribution is -0.140. The molecule has 0 unspecified atom stereocenters. The van der Waals surface area contributed by atoms with Gasteiger partial charge in [0, 0.05) is 18.6 Å². The molecule has 0 fully saturated rings. The van der Waals surface area contributed by atoms with E-state index in [1.165, 1.54) is 0 Å². The Hall–Kier alpha value is -1.10. The van der Waals surface area contributed by atoms with Crippen LogP contribution in [0, 0.1) is 5.41 Å². The molecule has 0 aromatic heterocycles. The van der Waals surface area contributed by atoms with Gasteiger partial charge in [-0.2, -0.15) is 0 Å². The Kier molecular flexibility index (Phi) is 6.49. The average Bonchev–Trinajstić information content (AvgIpc) is 2.11. The molecule has 0 aliphatic heterocycles. The number of amides is 2. The lowest BCUT2D eigenvalue weighted by atomic mass is 9.82. The van der Waals surface area contributed by atoms with Gasteiger partial charge in [-0.3, -0.25) is 9.59 Å². The van der Waals surface area contributed by atoms with Crippen LogP contribution in [0.1, 0.15) is 41.0 Å². The molecule has 0 aromatic carbocycles. The summed E-state index contributed by atoms with van der Waals surface area (Å²) >= 11 is 0. The number of rotatable bonds is 5. The summed E-state index contributed by atoms with van der Waals surface area (Å²) in [6, 6.07) is 0. The fourth-order valence-corrected chi connectivity index (χ4v) is 2.21. The van der Waals surface area contributed by atoms with Gasteiger partial charge in [-0.25, -0.2) is 0 Å². The predicted octanol–water partition coefficient (Wildman–Crippen LogP) is 0.995. The number of carbonyl (C=O) groups excluding carboxylic acids is 2. The minimum Gasteiger partial charge on any atom is -0.347 e. The lowest BCUT2D eigenvalue weighted by Crippen LogP contribution is -2.51. The standard InChI is InChI=1S/C14H29N3O2/c1-13(2,3)10-14(4,5)16-12(19)11(18)15-8-9-17(6)7/h8-10H2,1-7H3,(H,15,18)(H,16,19). The second kappa shape index (κ2) is 6.89. The van der Waals surface area contributed by atoms with Gasteiger partial charge in [0.1, 0.15) is 0 Å². The topological polar surface area (TPSA) is 61.4 Å². The summed E-state index contributed by atoms with van der Waals surface area (Å²) in [5, 5.41) is 5.39. The molecule has 19 heavy (non-hydrogen) atoms. The lowest BCUT2D eigenvalue weighted by Gasteiger charge is -2.33. The molecule has 0 heterocycles. The first kappa shape index (κ1) is 17.9. The van der Waals surface area contributed by atoms with Gasteiger partial charge in [-0.05, 0) is 39.8 Å². The number of nitrogens with zero attached hydrogens (tertiary/aromatic N) is 1.